The van der Waals surface area contributed by atoms with E-state index in [1.807, 2.05) is 12.1 Å². The number of nitrogens with zero attached hydrogens (tertiary/aromatic N) is 2. The van der Waals surface area contributed by atoms with Gasteiger partial charge >= 0.3 is 0 Å². The summed E-state index contributed by atoms with van der Waals surface area (Å²) in [6, 6.07) is 8.21. The summed E-state index contributed by atoms with van der Waals surface area (Å²) in [6.07, 6.45) is 0. The highest BCUT2D eigenvalue weighted by molar-refractivity contribution is 5.80. The quantitative estimate of drug-likeness (QED) is 0.531. The standard InChI is InChI=1S/C20H36N4O/c1-7-21-19(23-20(4,5)6)22-16-17-10-12-18(13-11-17)25-15-14-24(8-2)9-3/h10-13H,7-9,14-16H2,1-6H3,(H2,21,22,23). The number of aliphatic imine (C=N–C) groups is 1. The van der Waals surface area contributed by atoms with Crippen LogP contribution >= 0.6 is 0 Å². The van der Waals surface area contributed by atoms with Gasteiger partial charge in [0.15, 0.2) is 5.96 Å². The van der Waals surface area contributed by atoms with Gasteiger partial charge in [-0.25, -0.2) is 4.99 Å². The molecule has 0 aliphatic heterocycles. The Labute approximate surface area is 153 Å². The molecule has 5 nitrogen and oxygen atoms in total. The molecule has 142 valence electrons. The summed E-state index contributed by atoms with van der Waals surface area (Å²) in [5.41, 5.74) is 1.16. The molecule has 1 rings (SSSR count). The third-order valence-electron chi connectivity index (χ3n) is 3.75. The molecule has 0 fully saturated rings. The van der Waals surface area contributed by atoms with Crippen molar-refractivity contribution in [2.45, 2.75) is 53.6 Å². The number of benzene rings is 1. The minimum absolute atomic E-state index is 0.0104. The number of hydrogen-bond acceptors (Lipinski definition) is 3. The minimum Gasteiger partial charge on any atom is -0.492 e. The van der Waals surface area contributed by atoms with Gasteiger partial charge in [-0.1, -0.05) is 26.0 Å². The molecule has 0 saturated carbocycles. The maximum absolute atomic E-state index is 5.82. The topological polar surface area (TPSA) is 48.9 Å². The van der Waals surface area contributed by atoms with Crippen molar-refractivity contribution in [2.75, 3.05) is 32.8 Å². The summed E-state index contributed by atoms with van der Waals surface area (Å²) in [5.74, 6) is 1.76. The second-order valence-electron chi connectivity index (χ2n) is 7.09. The molecular formula is C20H36N4O. The van der Waals surface area contributed by atoms with Crippen LogP contribution in [0.5, 0.6) is 5.75 Å². The van der Waals surface area contributed by atoms with E-state index in [0.29, 0.717) is 6.54 Å². The molecule has 0 heterocycles. The van der Waals surface area contributed by atoms with Crippen LogP contribution in [0.25, 0.3) is 0 Å². The average molecular weight is 349 g/mol. The second kappa shape index (κ2) is 11.0. The monoisotopic (exact) mass is 348 g/mol. The fraction of sp³-hybridized carbons (Fsp3) is 0.650. The Bertz CT molecular complexity index is 501. The van der Waals surface area contributed by atoms with Crippen LogP contribution in [0.1, 0.15) is 47.1 Å². The van der Waals surface area contributed by atoms with Gasteiger partial charge in [-0.2, -0.15) is 0 Å². The Kier molecular flexibility index (Phi) is 9.35. The Hall–Kier alpha value is -1.75. The van der Waals surface area contributed by atoms with E-state index < -0.39 is 0 Å². The zero-order valence-corrected chi connectivity index (χ0v) is 16.9. The van der Waals surface area contributed by atoms with Crippen LogP contribution in [0.15, 0.2) is 29.3 Å². The van der Waals surface area contributed by atoms with Gasteiger partial charge in [0, 0.05) is 18.6 Å². The molecule has 0 atom stereocenters. The first-order valence-electron chi connectivity index (χ1n) is 9.38. The van der Waals surface area contributed by atoms with Gasteiger partial charge in [-0.3, -0.25) is 0 Å². The van der Waals surface area contributed by atoms with E-state index in [2.05, 4.69) is 74.2 Å². The lowest BCUT2D eigenvalue weighted by Crippen LogP contribution is -2.47. The van der Waals surface area contributed by atoms with Crippen molar-refractivity contribution in [1.29, 1.82) is 0 Å². The summed E-state index contributed by atoms with van der Waals surface area (Å²) in [7, 11) is 0. The van der Waals surface area contributed by atoms with E-state index in [0.717, 1.165) is 44.5 Å². The third kappa shape index (κ3) is 9.34. The zero-order chi connectivity index (χ0) is 18.7. The molecule has 1 aromatic rings. The molecule has 25 heavy (non-hydrogen) atoms. The number of rotatable bonds is 9. The van der Waals surface area contributed by atoms with Gasteiger partial charge in [-0.15, -0.1) is 0 Å². The van der Waals surface area contributed by atoms with Gasteiger partial charge in [0.05, 0.1) is 6.54 Å². The van der Waals surface area contributed by atoms with Gasteiger partial charge < -0.3 is 20.3 Å². The van der Waals surface area contributed by atoms with Crippen molar-refractivity contribution < 1.29 is 4.74 Å². The maximum atomic E-state index is 5.82. The first kappa shape index (κ1) is 21.3. The van der Waals surface area contributed by atoms with Crippen LogP contribution in [0.4, 0.5) is 0 Å². The van der Waals surface area contributed by atoms with Crippen molar-refractivity contribution in [2.24, 2.45) is 4.99 Å². The molecule has 0 saturated heterocycles. The fourth-order valence-corrected chi connectivity index (χ4v) is 2.36. The average Bonchev–Trinajstić information content (AvgIpc) is 2.57. The van der Waals surface area contributed by atoms with E-state index in [-0.39, 0.29) is 5.54 Å². The normalized spacial score (nSPS) is 12.4. The highest BCUT2D eigenvalue weighted by Gasteiger charge is 2.11. The Morgan fingerprint density at radius 1 is 1.08 bits per heavy atom. The molecule has 5 heteroatoms. The van der Waals surface area contributed by atoms with E-state index >= 15 is 0 Å². The van der Waals surface area contributed by atoms with Crippen molar-refractivity contribution in [3.63, 3.8) is 0 Å². The molecule has 0 radical (unpaired) electrons. The lowest BCUT2D eigenvalue weighted by atomic mass is 10.1. The molecule has 2 N–H and O–H groups in total. The van der Waals surface area contributed by atoms with E-state index in [9.17, 15) is 0 Å². The van der Waals surface area contributed by atoms with Crippen LogP contribution in [0.3, 0.4) is 0 Å². The third-order valence-corrected chi connectivity index (χ3v) is 3.75. The lowest BCUT2D eigenvalue weighted by Gasteiger charge is -2.23. The van der Waals surface area contributed by atoms with Gasteiger partial charge in [0.2, 0.25) is 0 Å². The first-order chi connectivity index (χ1) is 11.9. The van der Waals surface area contributed by atoms with Crippen LogP contribution in [-0.2, 0) is 6.54 Å². The van der Waals surface area contributed by atoms with Gasteiger partial charge in [0.1, 0.15) is 12.4 Å². The Balaban J connectivity index is 2.53. The molecule has 0 unspecified atom stereocenters. The minimum atomic E-state index is -0.0104. The summed E-state index contributed by atoms with van der Waals surface area (Å²) < 4.78 is 5.82. The molecular weight excluding hydrogens is 312 g/mol. The number of ether oxygens (including phenoxy) is 1. The maximum Gasteiger partial charge on any atom is 0.191 e. The van der Waals surface area contributed by atoms with E-state index in [1.54, 1.807) is 0 Å². The smallest absolute Gasteiger partial charge is 0.191 e. The number of nitrogens with one attached hydrogen (secondary N) is 2. The fourth-order valence-electron chi connectivity index (χ4n) is 2.36. The summed E-state index contributed by atoms with van der Waals surface area (Å²) >= 11 is 0. The molecule has 1 aromatic carbocycles. The predicted octanol–water partition coefficient (Wildman–Crippen LogP) is 3.26. The van der Waals surface area contributed by atoms with Crippen molar-refractivity contribution in [1.82, 2.24) is 15.5 Å². The van der Waals surface area contributed by atoms with E-state index in [4.69, 9.17) is 4.74 Å². The Morgan fingerprint density at radius 3 is 2.24 bits per heavy atom. The Morgan fingerprint density at radius 2 is 1.72 bits per heavy atom. The molecule has 0 aliphatic carbocycles. The number of guanidine groups is 1. The van der Waals surface area contributed by atoms with Crippen LogP contribution in [0, 0.1) is 0 Å². The largest absolute Gasteiger partial charge is 0.492 e. The zero-order valence-electron chi connectivity index (χ0n) is 16.9. The summed E-state index contributed by atoms with van der Waals surface area (Å²) in [4.78, 5) is 7.01. The van der Waals surface area contributed by atoms with Crippen molar-refractivity contribution in [3.8, 4) is 5.75 Å². The second-order valence-corrected chi connectivity index (χ2v) is 7.09. The van der Waals surface area contributed by atoms with Crippen molar-refractivity contribution >= 4 is 5.96 Å². The lowest BCUT2D eigenvalue weighted by molar-refractivity contribution is 0.223. The number of likely N-dealkylation sites (N-methyl/N-ethyl adjacent to an activating group) is 1. The SMILES string of the molecule is CCNC(=NCc1ccc(OCCN(CC)CC)cc1)NC(C)(C)C. The van der Waals surface area contributed by atoms with E-state index in [1.165, 1.54) is 5.56 Å². The molecule has 0 aromatic heterocycles. The van der Waals surface area contributed by atoms with Gasteiger partial charge in [0.25, 0.3) is 0 Å². The van der Waals surface area contributed by atoms with Crippen LogP contribution in [-0.4, -0.2) is 49.2 Å². The molecule has 0 amide bonds. The molecule has 0 spiro atoms. The predicted molar refractivity (Wildman–Crippen MR) is 107 cm³/mol. The highest BCUT2D eigenvalue weighted by atomic mass is 16.5. The van der Waals surface area contributed by atoms with Crippen LogP contribution in [0.2, 0.25) is 0 Å². The number of hydrogen-bond donors (Lipinski definition) is 2. The molecule has 0 aliphatic rings. The van der Waals surface area contributed by atoms with Gasteiger partial charge in [-0.05, 0) is 58.5 Å². The van der Waals surface area contributed by atoms with Crippen molar-refractivity contribution in [3.05, 3.63) is 29.8 Å². The van der Waals surface area contributed by atoms with Crippen LogP contribution < -0.4 is 15.4 Å². The first-order valence-corrected chi connectivity index (χ1v) is 9.38. The summed E-state index contributed by atoms with van der Waals surface area (Å²) in [5, 5.41) is 6.68. The molecule has 0 bridgehead atoms. The highest BCUT2D eigenvalue weighted by Crippen LogP contribution is 2.13. The summed E-state index contributed by atoms with van der Waals surface area (Å²) in [6.45, 7) is 18.1.